The highest BCUT2D eigenvalue weighted by Gasteiger charge is 2.45. The number of fused-ring (bicyclic) bond motifs is 2. The van der Waals surface area contributed by atoms with Crippen LogP contribution in [0.25, 0.3) is 0 Å². The third kappa shape index (κ3) is 4.68. The number of piperidine rings is 1. The molecule has 0 radical (unpaired) electrons. The van der Waals surface area contributed by atoms with E-state index in [0.29, 0.717) is 38.9 Å². The fraction of sp³-hybridized carbons (Fsp3) is 0.545. The topological polar surface area (TPSA) is 93.5 Å². The minimum atomic E-state index is -3.21. The van der Waals surface area contributed by atoms with Gasteiger partial charge in [-0.25, -0.2) is 12.7 Å². The van der Waals surface area contributed by atoms with Crippen molar-refractivity contribution < 1.29 is 17.9 Å². The van der Waals surface area contributed by atoms with Crippen LogP contribution < -0.4 is 5.32 Å². The Kier molecular flexibility index (Phi) is 6.18. The molecule has 8 nitrogen and oxygen atoms in total. The first-order valence-corrected chi connectivity index (χ1v) is 12.4. The summed E-state index contributed by atoms with van der Waals surface area (Å²) < 4.78 is 34.4. The van der Waals surface area contributed by atoms with Crippen LogP contribution in [0.15, 0.2) is 36.7 Å². The first kappa shape index (κ1) is 22.0. The summed E-state index contributed by atoms with van der Waals surface area (Å²) in [7, 11) is -1.37. The number of nitrogens with one attached hydrogen (secondary N) is 1. The standard InChI is InChI=1S/C22H30N4O4S/c1-3-31(28,29)26-10-8-22(9-11-26)20-7-5-4-6-18(20)12-19(30-22)13-21(27)23-14-17-15-24-25(2)16-17/h4-7,15-16,19H,3,8-14H2,1-2H3,(H,23,27). The SMILES string of the molecule is CCS(=O)(=O)N1CCC2(CC1)OC(CC(=O)NCc1cnn(C)c1)Cc1ccccc12. The molecule has 1 aromatic carbocycles. The predicted octanol–water partition coefficient (Wildman–Crippen LogP) is 1.71. The minimum Gasteiger partial charge on any atom is -0.366 e. The van der Waals surface area contributed by atoms with Crippen molar-refractivity contribution in [2.75, 3.05) is 18.8 Å². The lowest BCUT2D eigenvalue weighted by molar-refractivity contribution is -0.146. The van der Waals surface area contributed by atoms with Crippen molar-refractivity contribution in [1.29, 1.82) is 0 Å². The zero-order chi connectivity index (χ0) is 22.1. The van der Waals surface area contributed by atoms with E-state index in [1.165, 1.54) is 5.56 Å². The Labute approximate surface area is 183 Å². The fourth-order valence-electron chi connectivity index (χ4n) is 4.66. The number of aromatic nitrogens is 2. The number of nitrogens with zero attached hydrogens (tertiary/aromatic N) is 3. The van der Waals surface area contributed by atoms with Gasteiger partial charge in [0.25, 0.3) is 0 Å². The molecule has 2 aromatic rings. The molecule has 0 aliphatic carbocycles. The summed E-state index contributed by atoms with van der Waals surface area (Å²) >= 11 is 0. The Morgan fingerprint density at radius 2 is 2.03 bits per heavy atom. The van der Waals surface area contributed by atoms with Crippen LogP contribution in [-0.2, 0) is 45.2 Å². The number of amides is 1. The summed E-state index contributed by atoms with van der Waals surface area (Å²) in [6.45, 7) is 2.98. The van der Waals surface area contributed by atoms with Crippen molar-refractivity contribution in [1.82, 2.24) is 19.4 Å². The number of hydrogen-bond acceptors (Lipinski definition) is 5. The average Bonchev–Trinajstić information content (AvgIpc) is 3.18. The Hall–Kier alpha value is -2.23. The van der Waals surface area contributed by atoms with Crippen molar-refractivity contribution in [2.45, 2.75) is 50.9 Å². The largest absolute Gasteiger partial charge is 0.366 e. The number of hydrogen-bond donors (Lipinski definition) is 1. The summed E-state index contributed by atoms with van der Waals surface area (Å²) in [4.78, 5) is 12.6. The maximum atomic E-state index is 12.6. The number of sulfonamides is 1. The van der Waals surface area contributed by atoms with Gasteiger partial charge >= 0.3 is 0 Å². The molecule has 1 aromatic heterocycles. The van der Waals surface area contributed by atoms with E-state index < -0.39 is 15.6 Å². The average molecular weight is 447 g/mol. The van der Waals surface area contributed by atoms with Gasteiger partial charge in [-0.15, -0.1) is 0 Å². The van der Waals surface area contributed by atoms with Crippen LogP contribution in [0.1, 0.15) is 42.9 Å². The smallest absolute Gasteiger partial charge is 0.222 e. The second-order valence-electron chi connectivity index (χ2n) is 8.40. The first-order valence-electron chi connectivity index (χ1n) is 10.8. The normalized spacial score (nSPS) is 21.0. The Balaban J connectivity index is 1.45. The third-order valence-electron chi connectivity index (χ3n) is 6.30. The molecular weight excluding hydrogens is 416 g/mol. The van der Waals surface area contributed by atoms with E-state index in [4.69, 9.17) is 4.74 Å². The number of carbonyl (C=O) groups excluding carboxylic acids is 1. The zero-order valence-corrected chi connectivity index (χ0v) is 18.9. The van der Waals surface area contributed by atoms with Crippen LogP contribution in [0.2, 0.25) is 0 Å². The molecule has 1 saturated heterocycles. The van der Waals surface area contributed by atoms with E-state index >= 15 is 0 Å². The van der Waals surface area contributed by atoms with Crippen molar-refractivity contribution in [2.24, 2.45) is 7.05 Å². The second-order valence-corrected chi connectivity index (χ2v) is 10.7. The summed E-state index contributed by atoms with van der Waals surface area (Å²) in [5.41, 5.74) is 2.73. The lowest BCUT2D eigenvalue weighted by Gasteiger charge is -2.47. The Bertz CT molecular complexity index is 1040. The Morgan fingerprint density at radius 3 is 2.71 bits per heavy atom. The monoisotopic (exact) mass is 446 g/mol. The summed E-state index contributed by atoms with van der Waals surface area (Å²) in [6.07, 6.45) is 5.51. The molecule has 1 atom stereocenters. The fourth-order valence-corrected chi connectivity index (χ4v) is 5.77. The van der Waals surface area contributed by atoms with Gasteiger partial charge in [-0.05, 0) is 37.3 Å². The van der Waals surface area contributed by atoms with Gasteiger partial charge in [0, 0.05) is 38.4 Å². The van der Waals surface area contributed by atoms with Gasteiger partial charge in [-0.1, -0.05) is 24.3 Å². The van der Waals surface area contributed by atoms with E-state index in [1.54, 1.807) is 22.1 Å². The van der Waals surface area contributed by atoms with Crippen LogP contribution >= 0.6 is 0 Å². The predicted molar refractivity (Wildman–Crippen MR) is 117 cm³/mol. The number of carbonyl (C=O) groups is 1. The quantitative estimate of drug-likeness (QED) is 0.729. The highest BCUT2D eigenvalue weighted by atomic mass is 32.2. The third-order valence-corrected chi connectivity index (χ3v) is 8.18. The van der Waals surface area contributed by atoms with Crippen molar-refractivity contribution in [3.63, 3.8) is 0 Å². The van der Waals surface area contributed by atoms with E-state index in [-0.39, 0.29) is 24.2 Å². The van der Waals surface area contributed by atoms with Gasteiger partial charge in [0.1, 0.15) is 0 Å². The van der Waals surface area contributed by atoms with E-state index in [1.807, 2.05) is 25.4 Å². The van der Waals surface area contributed by atoms with E-state index in [0.717, 1.165) is 11.1 Å². The van der Waals surface area contributed by atoms with E-state index in [2.05, 4.69) is 22.5 Å². The molecule has 4 rings (SSSR count). The molecule has 168 valence electrons. The molecule has 1 spiro atoms. The summed E-state index contributed by atoms with van der Waals surface area (Å²) in [5.74, 6) is 0.0475. The molecule has 2 aliphatic heterocycles. The first-order chi connectivity index (χ1) is 14.8. The van der Waals surface area contributed by atoms with Crippen molar-refractivity contribution in [3.8, 4) is 0 Å². The molecule has 3 heterocycles. The van der Waals surface area contributed by atoms with Crippen molar-refractivity contribution in [3.05, 3.63) is 53.3 Å². The molecule has 0 saturated carbocycles. The van der Waals surface area contributed by atoms with Crippen LogP contribution in [0.5, 0.6) is 0 Å². The molecule has 1 N–H and O–H groups in total. The van der Waals surface area contributed by atoms with Gasteiger partial charge in [0.2, 0.25) is 15.9 Å². The summed E-state index contributed by atoms with van der Waals surface area (Å²) in [6, 6.07) is 8.18. The maximum absolute atomic E-state index is 12.6. The maximum Gasteiger partial charge on any atom is 0.222 e. The highest BCUT2D eigenvalue weighted by molar-refractivity contribution is 7.89. The lowest BCUT2D eigenvalue weighted by atomic mass is 9.78. The lowest BCUT2D eigenvalue weighted by Crippen LogP contribution is -2.51. The second kappa shape index (κ2) is 8.72. The van der Waals surface area contributed by atoms with Gasteiger partial charge in [-0.3, -0.25) is 9.48 Å². The van der Waals surface area contributed by atoms with Gasteiger partial charge in [-0.2, -0.15) is 5.10 Å². The Morgan fingerprint density at radius 1 is 1.29 bits per heavy atom. The number of rotatable bonds is 6. The molecule has 1 unspecified atom stereocenters. The molecule has 1 amide bonds. The van der Waals surface area contributed by atoms with Gasteiger partial charge in [0.05, 0.1) is 30.1 Å². The zero-order valence-electron chi connectivity index (χ0n) is 18.1. The summed E-state index contributed by atoms with van der Waals surface area (Å²) in [5, 5.41) is 7.07. The van der Waals surface area contributed by atoms with Crippen LogP contribution in [-0.4, -0.2) is 53.4 Å². The molecule has 1 fully saturated rings. The van der Waals surface area contributed by atoms with Crippen LogP contribution in [0.3, 0.4) is 0 Å². The highest BCUT2D eigenvalue weighted by Crippen LogP contribution is 2.44. The minimum absolute atomic E-state index is 0.0608. The number of aryl methyl sites for hydroxylation is 1. The van der Waals surface area contributed by atoms with Gasteiger partial charge in [0.15, 0.2) is 0 Å². The molecule has 31 heavy (non-hydrogen) atoms. The number of ether oxygens (including phenoxy) is 1. The molecule has 9 heteroatoms. The van der Waals surface area contributed by atoms with Crippen LogP contribution in [0.4, 0.5) is 0 Å². The van der Waals surface area contributed by atoms with E-state index in [9.17, 15) is 13.2 Å². The molecule has 0 bridgehead atoms. The molecule has 2 aliphatic rings. The van der Waals surface area contributed by atoms with Crippen LogP contribution in [0, 0.1) is 0 Å². The number of benzene rings is 1. The molecular formula is C22H30N4O4S. The van der Waals surface area contributed by atoms with Crippen molar-refractivity contribution >= 4 is 15.9 Å². The van der Waals surface area contributed by atoms with Gasteiger partial charge < -0.3 is 10.1 Å².